The van der Waals surface area contributed by atoms with Gasteiger partial charge in [-0.2, -0.15) is 13.2 Å². The molecule has 1 fully saturated rings. The molecule has 4 rings (SSSR count). The minimum absolute atomic E-state index is 0.108. The maximum absolute atomic E-state index is 14.6. The molecule has 6 nitrogen and oxygen atoms in total. The monoisotopic (exact) mass is 534 g/mol. The first-order valence-electron chi connectivity index (χ1n) is 11.6. The summed E-state index contributed by atoms with van der Waals surface area (Å²) >= 11 is -0.283. The fourth-order valence-corrected chi connectivity index (χ4v) is 4.77. The van der Waals surface area contributed by atoms with Crippen LogP contribution in [0.3, 0.4) is 0 Å². The van der Waals surface area contributed by atoms with Gasteiger partial charge in [0.15, 0.2) is 11.3 Å². The summed E-state index contributed by atoms with van der Waals surface area (Å²) in [6, 6.07) is 11.1. The molecule has 2 heterocycles. The lowest BCUT2D eigenvalue weighted by molar-refractivity contribution is -0.0328. The first kappa shape index (κ1) is 26.7. The third-order valence-electron chi connectivity index (χ3n) is 5.93. The van der Waals surface area contributed by atoms with Crippen LogP contribution in [-0.4, -0.2) is 62.3 Å². The summed E-state index contributed by atoms with van der Waals surface area (Å²) in [5.41, 5.74) is -2.70. The van der Waals surface area contributed by atoms with E-state index in [-0.39, 0.29) is 52.4 Å². The zero-order valence-electron chi connectivity index (χ0n) is 20.2. The van der Waals surface area contributed by atoms with Gasteiger partial charge in [0.1, 0.15) is 6.17 Å². The molecule has 11 heteroatoms. The van der Waals surface area contributed by atoms with E-state index in [2.05, 4.69) is 27.8 Å². The number of carbonyl (C=O) groups excluding carboxylic acids is 1. The van der Waals surface area contributed by atoms with Gasteiger partial charge in [-0.05, 0) is 67.5 Å². The Labute approximate surface area is 216 Å². The summed E-state index contributed by atoms with van der Waals surface area (Å²) in [7, 11) is 3.38. The van der Waals surface area contributed by atoms with Crippen molar-refractivity contribution < 1.29 is 26.8 Å². The van der Waals surface area contributed by atoms with Gasteiger partial charge in [-0.1, -0.05) is 12.0 Å². The van der Waals surface area contributed by atoms with Crippen LogP contribution in [0, 0.1) is 11.8 Å². The number of carbonyl (C=O) groups is 1. The van der Waals surface area contributed by atoms with Gasteiger partial charge in [0, 0.05) is 36.8 Å². The highest BCUT2D eigenvalue weighted by Gasteiger charge is 2.34. The Kier molecular flexibility index (Phi) is 8.19. The Morgan fingerprint density at radius 1 is 1.22 bits per heavy atom. The Balaban J connectivity index is 1.56. The number of benzene rings is 2. The molecule has 0 radical (unpaired) electrons. The minimum Gasteiger partial charge on any atom is -0.444 e. The first-order valence-corrected chi connectivity index (χ1v) is 12.4. The van der Waals surface area contributed by atoms with Crippen LogP contribution in [0.2, 0.25) is 0 Å². The Hall–Kier alpha value is -3.36. The molecule has 1 aromatic heterocycles. The molecule has 0 spiro atoms. The molecule has 1 aliphatic rings. The predicted octanol–water partition coefficient (Wildman–Crippen LogP) is 5.32. The second-order valence-electron chi connectivity index (χ2n) is 8.62. The summed E-state index contributed by atoms with van der Waals surface area (Å²) in [6.45, 7) is 1.12. The van der Waals surface area contributed by atoms with E-state index in [1.807, 2.05) is 11.9 Å². The molecule has 3 aromatic rings. The normalized spacial score (nSPS) is 18.2. The molecule has 196 valence electrons. The maximum atomic E-state index is 14.6. The van der Waals surface area contributed by atoms with E-state index in [4.69, 9.17) is 4.42 Å². The van der Waals surface area contributed by atoms with Crippen LogP contribution < -0.4 is 16.0 Å². The molecule has 1 amide bonds. The second kappa shape index (κ2) is 11.4. The van der Waals surface area contributed by atoms with E-state index in [1.54, 1.807) is 43.4 Å². The molecule has 3 N–H and O–H groups in total. The molecule has 37 heavy (non-hydrogen) atoms. The van der Waals surface area contributed by atoms with Crippen molar-refractivity contribution in [1.82, 2.24) is 10.2 Å². The van der Waals surface area contributed by atoms with Crippen molar-refractivity contribution in [3.8, 4) is 11.8 Å². The van der Waals surface area contributed by atoms with Crippen LogP contribution >= 0.6 is 11.8 Å². The van der Waals surface area contributed by atoms with Gasteiger partial charge in [-0.25, -0.2) is 4.39 Å². The van der Waals surface area contributed by atoms with E-state index >= 15 is 0 Å². The smallest absolute Gasteiger partial charge is 0.444 e. The maximum Gasteiger partial charge on any atom is 0.446 e. The van der Waals surface area contributed by atoms with Crippen molar-refractivity contribution in [3.63, 3.8) is 0 Å². The number of alkyl halides is 4. The number of fused-ring (bicyclic) bond motifs is 1. The number of nitrogens with one attached hydrogen (secondary N) is 3. The lowest BCUT2D eigenvalue weighted by atomic mass is 10.0. The van der Waals surface area contributed by atoms with Crippen LogP contribution in [-0.2, 0) is 0 Å². The van der Waals surface area contributed by atoms with Gasteiger partial charge in [-0.3, -0.25) is 4.79 Å². The number of hydrogen-bond acceptors (Lipinski definition) is 6. The van der Waals surface area contributed by atoms with Crippen molar-refractivity contribution in [3.05, 3.63) is 53.8 Å². The first-order chi connectivity index (χ1) is 17.6. The molecule has 0 bridgehead atoms. The molecule has 0 aliphatic carbocycles. The third-order valence-corrected chi connectivity index (χ3v) is 6.77. The van der Waals surface area contributed by atoms with E-state index < -0.39 is 17.7 Å². The number of anilines is 2. The Morgan fingerprint density at radius 3 is 2.65 bits per heavy atom. The van der Waals surface area contributed by atoms with Gasteiger partial charge in [-0.15, -0.1) is 0 Å². The standard InChI is InChI=1S/C26H26F4N4O2S/c1-31-25(35)16-8-10-17(11-9-16)32-13-4-7-22-24(37-26(28,29)30)18-5-3-6-21(23(18)36-22)33-20-12-14-34(2)15-19(20)27/h3,5-6,8-11,19-20,32-33H,12-15H2,1-2H3,(H,31,35)/t19-,20+/m0/s1. The SMILES string of the molecule is CNC(=O)c1ccc(NCC#Cc2oc3c(N[C@@H]4CCN(C)C[C@@H]4F)cccc3c2SC(F)(F)F)cc1. The Morgan fingerprint density at radius 2 is 1.97 bits per heavy atom. The molecule has 0 unspecified atom stereocenters. The number of furan rings is 1. The van der Waals surface area contributed by atoms with Gasteiger partial charge in [0.25, 0.3) is 5.91 Å². The zero-order valence-corrected chi connectivity index (χ0v) is 21.0. The van der Waals surface area contributed by atoms with Crippen molar-refractivity contribution >= 4 is 40.0 Å². The summed E-state index contributed by atoms with van der Waals surface area (Å²) < 4.78 is 60.5. The predicted molar refractivity (Wildman–Crippen MR) is 138 cm³/mol. The van der Waals surface area contributed by atoms with Crippen molar-refractivity contribution in [2.24, 2.45) is 0 Å². The van der Waals surface area contributed by atoms with E-state index in [0.717, 1.165) is 0 Å². The summed E-state index contributed by atoms with van der Waals surface area (Å²) in [5.74, 6) is 5.19. The number of piperidine rings is 1. The molecule has 0 saturated carbocycles. The fraction of sp³-hybridized carbons (Fsp3) is 0.346. The number of thioether (sulfide) groups is 1. The van der Waals surface area contributed by atoms with Gasteiger partial charge in [0.2, 0.25) is 0 Å². The highest BCUT2D eigenvalue weighted by atomic mass is 32.2. The summed E-state index contributed by atoms with van der Waals surface area (Å²) in [4.78, 5) is 13.4. The van der Waals surface area contributed by atoms with E-state index in [1.165, 1.54) is 6.07 Å². The summed E-state index contributed by atoms with van der Waals surface area (Å²) in [5, 5.41) is 8.97. The van der Waals surface area contributed by atoms with Crippen molar-refractivity contribution in [2.75, 3.05) is 44.4 Å². The second-order valence-corrected chi connectivity index (χ2v) is 9.70. The number of amides is 1. The molecule has 1 aliphatic heterocycles. The quantitative estimate of drug-likeness (QED) is 0.226. The number of rotatable bonds is 6. The van der Waals surface area contributed by atoms with Crippen LogP contribution in [0.4, 0.5) is 28.9 Å². The molecule has 1 saturated heterocycles. The van der Waals surface area contributed by atoms with E-state index in [9.17, 15) is 22.4 Å². The fourth-order valence-electron chi connectivity index (χ4n) is 4.08. The van der Waals surface area contributed by atoms with Crippen LogP contribution in [0.25, 0.3) is 11.0 Å². The molecule has 2 aromatic carbocycles. The topological polar surface area (TPSA) is 69.5 Å². The lowest BCUT2D eigenvalue weighted by Crippen LogP contribution is -2.46. The van der Waals surface area contributed by atoms with Gasteiger partial charge < -0.3 is 25.3 Å². The molecular formula is C26H26F4N4O2S. The number of para-hydroxylation sites is 1. The Bertz CT molecular complexity index is 1310. The summed E-state index contributed by atoms with van der Waals surface area (Å²) in [6.07, 6.45) is -0.565. The third kappa shape index (κ3) is 6.70. The van der Waals surface area contributed by atoms with Gasteiger partial charge in [0.05, 0.1) is 23.2 Å². The van der Waals surface area contributed by atoms with Crippen LogP contribution in [0.15, 0.2) is 51.8 Å². The van der Waals surface area contributed by atoms with E-state index in [0.29, 0.717) is 29.9 Å². The van der Waals surface area contributed by atoms with Crippen molar-refractivity contribution in [1.29, 1.82) is 0 Å². The molecular weight excluding hydrogens is 508 g/mol. The largest absolute Gasteiger partial charge is 0.446 e. The minimum atomic E-state index is -4.54. The average Bonchev–Trinajstić information content (AvgIpc) is 3.20. The van der Waals surface area contributed by atoms with Crippen LogP contribution in [0.1, 0.15) is 22.5 Å². The molecule has 2 atom stereocenters. The van der Waals surface area contributed by atoms with Crippen LogP contribution in [0.5, 0.6) is 0 Å². The number of likely N-dealkylation sites (tertiary alicyclic amines) is 1. The zero-order chi connectivity index (χ0) is 26.6. The number of hydrogen-bond donors (Lipinski definition) is 3. The highest BCUT2D eigenvalue weighted by molar-refractivity contribution is 8.00. The average molecular weight is 535 g/mol. The van der Waals surface area contributed by atoms with Crippen molar-refractivity contribution in [2.45, 2.75) is 29.0 Å². The van der Waals surface area contributed by atoms with Gasteiger partial charge >= 0.3 is 5.51 Å². The number of nitrogens with zero attached hydrogens (tertiary/aromatic N) is 1. The highest BCUT2D eigenvalue weighted by Crippen LogP contribution is 2.45. The number of halogens is 4. The lowest BCUT2D eigenvalue weighted by Gasteiger charge is -2.33.